The molecule has 8 rings (SSSR count). The molecule has 0 spiro atoms. The normalized spacial score (nSPS) is 11.3. The van der Waals surface area contributed by atoms with Crippen LogP contribution in [0.5, 0.6) is 0 Å². The number of hydrogen-bond acceptors (Lipinski definition) is 3. The first kappa shape index (κ1) is 24.2. The van der Waals surface area contributed by atoms with Gasteiger partial charge in [0.05, 0.1) is 11.1 Å². The van der Waals surface area contributed by atoms with E-state index in [1.807, 2.05) is 30.5 Å². The van der Waals surface area contributed by atoms with Gasteiger partial charge < -0.3 is 9.32 Å². The third kappa shape index (κ3) is 4.11. The lowest BCUT2D eigenvalue weighted by Crippen LogP contribution is -2.10. The fourth-order valence-corrected chi connectivity index (χ4v) is 5.94. The summed E-state index contributed by atoms with van der Waals surface area (Å²) in [5, 5.41) is 4.54. The molecule has 0 aliphatic rings. The highest BCUT2D eigenvalue weighted by molar-refractivity contribution is 6.12. The van der Waals surface area contributed by atoms with Crippen LogP contribution in [-0.4, -0.2) is 4.98 Å². The summed E-state index contributed by atoms with van der Waals surface area (Å²) in [6.07, 6.45) is 1.83. The molecule has 198 valence electrons. The zero-order valence-corrected chi connectivity index (χ0v) is 22.8. The van der Waals surface area contributed by atoms with Crippen molar-refractivity contribution in [1.29, 1.82) is 0 Å². The van der Waals surface area contributed by atoms with Crippen molar-refractivity contribution in [3.8, 4) is 22.3 Å². The molecule has 0 saturated carbocycles. The van der Waals surface area contributed by atoms with Gasteiger partial charge in [0, 0.05) is 23.0 Å². The van der Waals surface area contributed by atoms with E-state index in [2.05, 4.69) is 137 Å². The maximum atomic E-state index is 6.17. The molecule has 0 saturated heterocycles. The summed E-state index contributed by atoms with van der Waals surface area (Å²) < 4.78 is 6.17. The molecule has 2 aromatic heterocycles. The topological polar surface area (TPSA) is 29.3 Å². The van der Waals surface area contributed by atoms with Crippen LogP contribution in [-0.2, 0) is 0 Å². The van der Waals surface area contributed by atoms with Crippen LogP contribution in [0.1, 0.15) is 0 Å². The number of anilines is 3. The lowest BCUT2D eigenvalue weighted by molar-refractivity contribution is 0.654. The number of pyridine rings is 1. The van der Waals surface area contributed by atoms with E-state index in [9.17, 15) is 0 Å². The van der Waals surface area contributed by atoms with Crippen molar-refractivity contribution < 1.29 is 4.42 Å². The van der Waals surface area contributed by atoms with E-state index in [1.165, 1.54) is 33.0 Å². The third-order valence-electron chi connectivity index (χ3n) is 7.96. The molecule has 0 unspecified atom stereocenters. The highest BCUT2D eigenvalue weighted by Gasteiger charge is 2.20. The van der Waals surface area contributed by atoms with Gasteiger partial charge >= 0.3 is 0 Å². The quantitative estimate of drug-likeness (QED) is 0.218. The number of fused-ring (bicyclic) bond motifs is 4. The monoisotopic (exact) mass is 538 g/mol. The number of para-hydroxylation sites is 1. The Morgan fingerprint density at radius 3 is 1.88 bits per heavy atom. The van der Waals surface area contributed by atoms with Crippen LogP contribution in [0, 0.1) is 0 Å². The minimum Gasteiger partial charge on any atom is -0.438 e. The van der Waals surface area contributed by atoms with Crippen molar-refractivity contribution in [3.63, 3.8) is 0 Å². The van der Waals surface area contributed by atoms with Gasteiger partial charge in [-0.25, -0.2) is 4.98 Å². The van der Waals surface area contributed by atoms with E-state index < -0.39 is 0 Å². The molecule has 42 heavy (non-hydrogen) atoms. The first-order valence-corrected chi connectivity index (χ1v) is 14.1. The Labute approximate surface area is 243 Å². The fraction of sp³-hybridized carbons (Fsp3) is 0. The Hall–Kier alpha value is -5.67. The molecular formula is C39H26N2O. The number of rotatable bonds is 5. The van der Waals surface area contributed by atoms with Crippen LogP contribution in [0.2, 0.25) is 0 Å². The van der Waals surface area contributed by atoms with Crippen LogP contribution in [0.4, 0.5) is 17.1 Å². The predicted molar refractivity (Wildman–Crippen MR) is 175 cm³/mol. The summed E-state index contributed by atoms with van der Waals surface area (Å²) >= 11 is 0. The van der Waals surface area contributed by atoms with Crippen LogP contribution in [0.3, 0.4) is 0 Å². The average Bonchev–Trinajstić information content (AvgIpc) is 3.45. The van der Waals surface area contributed by atoms with Gasteiger partial charge in [-0.1, -0.05) is 115 Å². The number of nitrogens with zero attached hydrogens (tertiary/aromatic N) is 2. The van der Waals surface area contributed by atoms with Crippen LogP contribution >= 0.6 is 0 Å². The van der Waals surface area contributed by atoms with Gasteiger partial charge in [0.25, 0.3) is 0 Å². The van der Waals surface area contributed by atoms with Crippen molar-refractivity contribution in [2.24, 2.45) is 0 Å². The summed E-state index contributed by atoms with van der Waals surface area (Å²) in [4.78, 5) is 6.89. The first-order chi connectivity index (χ1) is 20.8. The molecule has 3 nitrogen and oxygen atoms in total. The summed E-state index contributed by atoms with van der Waals surface area (Å²) in [5.41, 5.74) is 9.39. The van der Waals surface area contributed by atoms with Crippen LogP contribution in [0.25, 0.3) is 55.1 Å². The van der Waals surface area contributed by atoms with Crippen molar-refractivity contribution in [1.82, 2.24) is 4.98 Å². The second-order valence-corrected chi connectivity index (χ2v) is 10.4. The SMILES string of the molecule is c1ccc(-c2ccc(N(c3ccc(-c4cccc5ccccc45)cc3)c3ccnc4oc5ccccc5c34)cc2)cc1. The zero-order valence-electron chi connectivity index (χ0n) is 22.8. The number of furan rings is 1. The number of aromatic nitrogens is 1. The van der Waals surface area contributed by atoms with Gasteiger partial charge in [0.2, 0.25) is 5.71 Å². The number of hydrogen-bond donors (Lipinski definition) is 0. The van der Waals surface area contributed by atoms with E-state index >= 15 is 0 Å². The summed E-state index contributed by atoms with van der Waals surface area (Å²) in [5.74, 6) is 0. The highest BCUT2D eigenvalue weighted by Crippen LogP contribution is 2.43. The minimum atomic E-state index is 0.631. The van der Waals surface area contributed by atoms with Crippen molar-refractivity contribution in [3.05, 3.63) is 158 Å². The Balaban J connectivity index is 1.29. The standard InChI is InChI=1S/C39H26N2O/c1-2-9-27(10-3-1)28-17-21-31(22-18-28)41(36-25-26-40-39-38(36)35-14-6-7-16-37(35)42-39)32-23-19-30(20-24-32)34-15-8-12-29-11-4-5-13-33(29)34/h1-26H. The molecule has 6 aromatic carbocycles. The molecule has 2 heterocycles. The van der Waals surface area contributed by atoms with Gasteiger partial charge in [-0.3, -0.25) is 0 Å². The smallest absolute Gasteiger partial charge is 0.229 e. The largest absolute Gasteiger partial charge is 0.438 e. The molecule has 0 atom stereocenters. The Morgan fingerprint density at radius 2 is 1.10 bits per heavy atom. The molecule has 3 heteroatoms. The molecule has 0 amide bonds. The van der Waals surface area contributed by atoms with Crippen molar-refractivity contribution in [2.45, 2.75) is 0 Å². The number of benzene rings is 6. The maximum Gasteiger partial charge on any atom is 0.229 e. The molecule has 0 aliphatic heterocycles. The van der Waals surface area contributed by atoms with Crippen LogP contribution in [0.15, 0.2) is 162 Å². The van der Waals surface area contributed by atoms with E-state index in [1.54, 1.807) is 0 Å². The van der Waals surface area contributed by atoms with E-state index in [-0.39, 0.29) is 0 Å². The molecule has 0 aliphatic carbocycles. The van der Waals surface area contributed by atoms with Gasteiger partial charge in [-0.2, -0.15) is 0 Å². The fourth-order valence-electron chi connectivity index (χ4n) is 5.94. The van der Waals surface area contributed by atoms with Gasteiger partial charge in [-0.05, 0) is 69.4 Å². The molecule has 0 bridgehead atoms. The summed E-state index contributed by atoms with van der Waals surface area (Å²) in [6.45, 7) is 0. The predicted octanol–water partition coefficient (Wildman–Crippen LogP) is 10.9. The Kier molecular flexibility index (Phi) is 5.79. The maximum absolute atomic E-state index is 6.17. The average molecular weight is 539 g/mol. The molecule has 0 N–H and O–H groups in total. The second kappa shape index (κ2) is 10.1. The third-order valence-corrected chi connectivity index (χ3v) is 7.96. The zero-order chi connectivity index (χ0) is 27.9. The Bertz CT molecular complexity index is 2170. The molecule has 0 radical (unpaired) electrons. The summed E-state index contributed by atoms with van der Waals surface area (Å²) in [7, 11) is 0. The molecular weight excluding hydrogens is 512 g/mol. The molecule has 0 fully saturated rings. The Morgan fingerprint density at radius 1 is 0.476 bits per heavy atom. The van der Waals surface area contributed by atoms with Gasteiger partial charge in [-0.15, -0.1) is 0 Å². The van der Waals surface area contributed by atoms with Gasteiger partial charge in [0.15, 0.2) is 0 Å². The molecule has 8 aromatic rings. The van der Waals surface area contributed by atoms with E-state index in [0.29, 0.717) is 5.71 Å². The summed E-state index contributed by atoms with van der Waals surface area (Å²) in [6, 6.07) is 53.3. The first-order valence-electron chi connectivity index (χ1n) is 14.1. The second-order valence-electron chi connectivity index (χ2n) is 10.4. The van der Waals surface area contributed by atoms with Crippen molar-refractivity contribution >= 4 is 49.9 Å². The van der Waals surface area contributed by atoms with E-state index in [4.69, 9.17) is 4.42 Å². The van der Waals surface area contributed by atoms with Gasteiger partial charge in [0.1, 0.15) is 5.58 Å². The van der Waals surface area contributed by atoms with E-state index in [0.717, 1.165) is 33.4 Å². The lowest BCUT2D eigenvalue weighted by Gasteiger charge is -2.26. The highest BCUT2D eigenvalue weighted by atomic mass is 16.3. The lowest BCUT2D eigenvalue weighted by atomic mass is 9.98. The minimum absolute atomic E-state index is 0.631. The van der Waals surface area contributed by atoms with Crippen LogP contribution < -0.4 is 4.90 Å². The van der Waals surface area contributed by atoms with Crippen molar-refractivity contribution in [2.75, 3.05) is 4.90 Å².